The van der Waals surface area contributed by atoms with Gasteiger partial charge in [-0.15, -0.1) is 0 Å². The summed E-state index contributed by atoms with van der Waals surface area (Å²) in [4.78, 5) is 3.85. The summed E-state index contributed by atoms with van der Waals surface area (Å²) in [7, 11) is 1.61. The number of nitrogen functional groups attached to an aromatic ring is 1. The fourth-order valence-corrected chi connectivity index (χ4v) is 1.18. The quantitative estimate of drug-likeness (QED) is 0.713. The molecule has 2 aromatic rings. The third-order valence-corrected chi connectivity index (χ3v) is 1.90. The van der Waals surface area contributed by atoms with E-state index in [0.29, 0.717) is 5.69 Å². The molecule has 0 radical (unpaired) electrons. The second-order valence-corrected chi connectivity index (χ2v) is 2.76. The van der Waals surface area contributed by atoms with Crippen LogP contribution in [0.1, 0.15) is 0 Å². The van der Waals surface area contributed by atoms with Crippen LogP contribution in [0.3, 0.4) is 0 Å². The smallest absolute Gasteiger partial charge is 0.138 e. The molecule has 0 unspecified atom stereocenters. The van der Waals surface area contributed by atoms with Gasteiger partial charge in [-0.25, -0.2) is 9.67 Å². The molecular formula is C9H10N4O. The first-order chi connectivity index (χ1) is 6.81. The lowest BCUT2D eigenvalue weighted by molar-refractivity contribution is 0.414. The Morgan fingerprint density at radius 3 is 2.93 bits per heavy atom. The number of benzene rings is 1. The van der Waals surface area contributed by atoms with Crippen molar-refractivity contribution in [2.45, 2.75) is 0 Å². The summed E-state index contributed by atoms with van der Waals surface area (Å²) < 4.78 is 6.69. The minimum Gasteiger partial charge on any atom is -0.497 e. The zero-order valence-electron chi connectivity index (χ0n) is 7.71. The number of methoxy groups -OCH3 is 1. The molecule has 2 N–H and O–H groups in total. The largest absolute Gasteiger partial charge is 0.497 e. The Balaban J connectivity index is 2.51. The van der Waals surface area contributed by atoms with Gasteiger partial charge in [0, 0.05) is 6.07 Å². The highest BCUT2D eigenvalue weighted by Gasteiger charge is 2.03. The molecule has 0 atom stereocenters. The molecule has 0 amide bonds. The zero-order valence-corrected chi connectivity index (χ0v) is 7.71. The van der Waals surface area contributed by atoms with Crippen LogP contribution in [0.25, 0.3) is 5.69 Å². The predicted molar refractivity (Wildman–Crippen MR) is 52.3 cm³/mol. The maximum Gasteiger partial charge on any atom is 0.138 e. The highest BCUT2D eigenvalue weighted by Crippen LogP contribution is 2.21. The lowest BCUT2D eigenvalue weighted by Crippen LogP contribution is -2.00. The van der Waals surface area contributed by atoms with Crippen LogP contribution < -0.4 is 10.5 Å². The Morgan fingerprint density at radius 2 is 2.29 bits per heavy atom. The van der Waals surface area contributed by atoms with E-state index in [4.69, 9.17) is 10.5 Å². The Morgan fingerprint density at radius 1 is 1.43 bits per heavy atom. The zero-order chi connectivity index (χ0) is 9.97. The van der Waals surface area contributed by atoms with E-state index in [9.17, 15) is 0 Å². The van der Waals surface area contributed by atoms with Gasteiger partial charge >= 0.3 is 0 Å². The Labute approximate surface area is 81.1 Å². The lowest BCUT2D eigenvalue weighted by Gasteiger charge is -2.06. The van der Waals surface area contributed by atoms with E-state index in [1.807, 2.05) is 6.07 Å². The Bertz CT molecular complexity index is 424. The van der Waals surface area contributed by atoms with Gasteiger partial charge < -0.3 is 10.5 Å². The third-order valence-electron chi connectivity index (χ3n) is 1.90. The standard InChI is InChI=1S/C9H10N4O/c1-14-7-2-3-8(10)9(4-7)13-6-11-5-12-13/h2-6H,10H2,1H3. The molecule has 1 aromatic carbocycles. The van der Waals surface area contributed by atoms with E-state index in [-0.39, 0.29) is 0 Å². The van der Waals surface area contributed by atoms with E-state index in [0.717, 1.165) is 11.4 Å². The summed E-state index contributed by atoms with van der Waals surface area (Å²) in [6.07, 6.45) is 3.05. The van der Waals surface area contributed by atoms with Crippen LogP contribution in [-0.4, -0.2) is 21.9 Å². The molecule has 0 aliphatic carbocycles. The first kappa shape index (κ1) is 8.55. The van der Waals surface area contributed by atoms with Crippen molar-refractivity contribution in [2.24, 2.45) is 0 Å². The molecule has 5 nitrogen and oxygen atoms in total. The van der Waals surface area contributed by atoms with Crippen molar-refractivity contribution in [1.82, 2.24) is 14.8 Å². The van der Waals surface area contributed by atoms with Crippen LogP contribution in [0, 0.1) is 0 Å². The van der Waals surface area contributed by atoms with Crippen LogP contribution >= 0.6 is 0 Å². The van der Waals surface area contributed by atoms with Crippen molar-refractivity contribution in [2.75, 3.05) is 12.8 Å². The monoisotopic (exact) mass is 190 g/mol. The lowest BCUT2D eigenvalue weighted by atomic mass is 10.2. The molecule has 2 rings (SSSR count). The van der Waals surface area contributed by atoms with Gasteiger partial charge in [-0.05, 0) is 12.1 Å². The summed E-state index contributed by atoms with van der Waals surface area (Å²) in [6.45, 7) is 0. The summed E-state index contributed by atoms with van der Waals surface area (Å²) in [5, 5.41) is 3.99. The number of aromatic nitrogens is 3. The fourth-order valence-electron chi connectivity index (χ4n) is 1.18. The third kappa shape index (κ3) is 1.39. The normalized spacial score (nSPS) is 10.1. The van der Waals surface area contributed by atoms with E-state index in [1.165, 1.54) is 6.33 Å². The molecule has 0 fully saturated rings. The molecule has 0 saturated heterocycles. The number of rotatable bonds is 2. The number of nitrogens with two attached hydrogens (primary N) is 1. The van der Waals surface area contributed by atoms with Gasteiger partial charge in [-0.3, -0.25) is 0 Å². The average Bonchev–Trinajstić information content (AvgIpc) is 2.71. The van der Waals surface area contributed by atoms with Crippen LogP contribution in [-0.2, 0) is 0 Å². The molecule has 0 aliphatic rings. The van der Waals surface area contributed by atoms with Crippen LogP contribution in [0.4, 0.5) is 5.69 Å². The average molecular weight is 190 g/mol. The Kier molecular flexibility index (Phi) is 2.06. The van der Waals surface area contributed by atoms with Gasteiger partial charge in [0.1, 0.15) is 18.4 Å². The van der Waals surface area contributed by atoms with Crippen molar-refractivity contribution >= 4 is 5.69 Å². The number of hydrogen-bond acceptors (Lipinski definition) is 4. The van der Waals surface area contributed by atoms with E-state index >= 15 is 0 Å². The number of ether oxygens (including phenoxy) is 1. The molecule has 72 valence electrons. The molecule has 0 aliphatic heterocycles. The molecule has 1 heterocycles. The highest BCUT2D eigenvalue weighted by atomic mass is 16.5. The van der Waals surface area contributed by atoms with E-state index in [2.05, 4.69) is 10.1 Å². The number of hydrogen-bond donors (Lipinski definition) is 1. The van der Waals surface area contributed by atoms with Crippen LogP contribution in [0.5, 0.6) is 5.75 Å². The molecule has 1 aromatic heterocycles. The van der Waals surface area contributed by atoms with Crippen LogP contribution in [0.2, 0.25) is 0 Å². The second kappa shape index (κ2) is 3.37. The second-order valence-electron chi connectivity index (χ2n) is 2.76. The van der Waals surface area contributed by atoms with Crippen molar-refractivity contribution < 1.29 is 4.74 Å². The van der Waals surface area contributed by atoms with Crippen molar-refractivity contribution in [1.29, 1.82) is 0 Å². The highest BCUT2D eigenvalue weighted by molar-refractivity contribution is 5.59. The first-order valence-corrected chi connectivity index (χ1v) is 4.10. The van der Waals surface area contributed by atoms with Crippen molar-refractivity contribution in [3.63, 3.8) is 0 Å². The topological polar surface area (TPSA) is 66.0 Å². The van der Waals surface area contributed by atoms with Crippen molar-refractivity contribution in [3.05, 3.63) is 30.9 Å². The van der Waals surface area contributed by atoms with Gasteiger partial charge in [-0.1, -0.05) is 0 Å². The van der Waals surface area contributed by atoms with Crippen molar-refractivity contribution in [3.8, 4) is 11.4 Å². The molecular weight excluding hydrogens is 180 g/mol. The first-order valence-electron chi connectivity index (χ1n) is 4.10. The van der Waals surface area contributed by atoms with Gasteiger partial charge in [0.15, 0.2) is 0 Å². The predicted octanol–water partition coefficient (Wildman–Crippen LogP) is 0.858. The summed E-state index contributed by atoms with van der Waals surface area (Å²) in [6, 6.07) is 5.38. The minimum absolute atomic E-state index is 0.635. The van der Waals surface area contributed by atoms with Gasteiger partial charge in [0.2, 0.25) is 0 Å². The van der Waals surface area contributed by atoms with Gasteiger partial charge in [-0.2, -0.15) is 5.10 Å². The minimum atomic E-state index is 0.635. The summed E-state index contributed by atoms with van der Waals surface area (Å²) in [5.41, 5.74) is 7.19. The van der Waals surface area contributed by atoms with Gasteiger partial charge in [0.25, 0.3) is 0 Å². The van der Waals surface area contributed by atoms with Gasteiger partial charge in [0.05, 0.1) is 18.5 Å². The Hall–Kier alpha value is -2.04. The molecule has 0 spiro atoms. The number of nitrogens with zero attached hydrogens (tertiary/aromatic N) is 3. The SMILES string of the molecule is COc1ccc(N)c(-n2cncn2)c1. The van der Waals surface area contributed by atoms with E-state index < -0.39 is 0 Å². The molecule has 14 heavy (non-hydrogen) atoms. The summed E-state index contributed by atoms with van der Waals surface area (Å²) in [5.74, 6) is 0.740. The van der Waals surface area contributed by atoms with Crippen LogP contribution in [0.15, 0.2) is 30.9 Å². The van der Waals surface area contributed by atoms with E-state index in [1.54, 1.807) is 30.3 Å². The summed E-state index contributed by atoms with van der Waals surface area (Å²) >= 11 is 0. The molecule has 0 saturated carbocycles. The molecule has 5 heteroatoms. The maximum atomic E-state index is 5.79. The maximum absolute atomic E-state index is 5.79. The number of anilines is 1. The molecule has 0 bridgehead atoms. The fraction of sp³-hybridized carbons (Fsp3) is 0.111.